The minimum Gasteiger partial charge on any atom is -0.480 e. The maximum Gasteiger partial charge on any atom is 0.213 e. The minimum atomic E-state index is -3.62. The van der Waals surface area contributed by atoms with E-state index in [1.54, 1.807) is 6.07 Å². The Morgan fingerprint density at radius 1 is 1.00 bits per heavy atom. The number of benzene rings is 3. The first-order valence-electron chi connectivity index (χ1n) is 8.06. The predicted octanol–water partition coefficient (Wildman–Crippen LogP) is 4.28. The van der Waals surface area contributed by atoms with Crippen LogP contribution in [0.5, 0.6) is 5.75 Å². The summed E-state index contributed by atoms with van der Waals surface area (Å²) in [6.07, 6.45) is -0.349. The average molecular weight is 386 g/mol. The summed E-state index contributed by atoms with van der Waals surface area (Å²) in [6.45, 7) is 0. The van der Waals surface area contributed by atoms with Crippen LogP contribution in [0, 0.1) is 0 Å². The Labute approximate surface area is 157 Å². The third kappa shape index (κ3) is 3.21. The lowest BCUT2D eigenvalue weighted by molar-refractivity contribution is 0.243. The fraction of sp³-hybridized carbons (Fsp3) is 0.100. The van der Waals surface area contributed by atoms with Crippen molar-refractivity contribution in [2.24, 2.45) is 5.14 Å². The molecule has 26 heavy (non-hydrogen) atoms. The number of nitrogens with two attached hydrogens (primary N) is 1. The van der Waals surface area contributed by atoms with Crippen molar-refractivity contribution in [3.05, 3.63) is 88.4 Å². The van der Waals surface area contributed by atoms with E-state index in [2.05, 4.69) is 0 Å². The topological polar surface area (TPSA) is 69.4 Å². The Kier molecular flexibility index (Phi) is 4.23. The number of sulfonamides is 1. The van der Waals surface area contributed by atoms with Gasteiger partial charge in [0.25, 0.3) is 0 Å². The van der Waals surface area contributed by atoms with Gasteiger partial charge in [-0.05, 0) is 28.8 Å². The fourth-order valence-corrected chi connectivity index (χ4v) is 4.22. The van der Waals surface area contributed by atoms with E-state index in [0.717, 1.165) is 22.3 Å². The smallest absolute Gasteiger partial charge is 0.213 e. The largest absolute Gasteiger partial charge is 0.480 e. The molecule has 1 aliphatic heterocycles. The summed E-state index contributed by atoms with van der Waals surface area (Å²) in [5.74, 6) is 0.481. The molecule has 6 heteroatoms. The van der Waals surface area contributed by atoms with Crippen molar-refractivity contribution < 1.29 is 13.2 Å². The number of hydrogen-bond donors (Lipinski definition) is 1. The van der Waals surface area contributed by atoms with Gasteiger partial charge in [-0.25, -0.2) is 13.6 Å². The highest BCUT2D eigenvalue weighted by Crippen LogP contribution is 2.47. The molecule has 3 aromatic carbocycles. The van der Waals surface area contributed by atoms with Gasteiger partial charge in [-0.1, -0.05) is 66.2 Å². The monoisotopic (exact) mass is 385 g/mol. The molecule has 0 aliphatic carbocycles. The van der Waals surface area contributed by atoms with Gasteiger partial charge in [-0.15, -0.1) is 0 Å². The first-order valence-corrected chi connectivity index (χ1v) is 10.2. The zero-order chi connectivity index (χ0) is 18.3. The molecule has 0 saturated carbocycles. The van der Waals surface area contributed by atoms with Gasteiger partial charge < -0.3 is 4.74 Å². The Balaban J connectivity index is 1.92. The normalized spacial score (nSPS) is 15.7. The molecule has 1 atom stereocenters. The third-order valence-electron chi connectivity index (χ3n) is 4.36. The molecule has 4 rings (SSSR count). The number of halogens is 1. The van der Waals surface area contributed by atoms with Crippen LogP contribution in [-0.2, 0) is 15.8 Å². The maximum absolute atomic E-state index is 11.5. The van der Waals surface area contributed by atoms with E-state index >= 15 is 0 Å². The quantitative estimate of drug-likeness (QED) is 0.731. The van der Waals surface area contributed by atoms with Crippen molar-refractivity contribution in [3.8, 4) is 16.9 Å². The third-order valence-corrected chi connectivity index (χ3v) is 5.41. The van der Waals surface area contributed by atoms with Gasteiger partial charge in [0.05, 0.1) is 10.8 Å². The van der Waals surface area contributed by atoms with Gasteiger partial charge in [-0.2, -0.15) is 0 Å². The highest BCUT2D eigenvalue weighted by Gasteiger charge is 2.29. The van der Waals surface area contributed by atoms with Crippen LogP contribution < -0.4 is 9.88 Å². The molecule has 0 bridgehead atoms. The lowest BCUT2D eigenvalue weighted by Crippen LogP contribution is -2.18. The highest BCUT2D eigenvalue weighted by molar-refractivity contribution is 7.88. The van der Waals surface area contributed by atoms with E-state index in [9.17, 15) is 8.42 Å². The molecule has 132 valence electrons. The van der Waals surface area contributed by atoms with E-state index in [1.165, 1.54) is 0 Å². The summed E-state index contributed by atoms with van der Waals surface area (Å²) in [4.78, 5) is 0. The molecular formula is C20H16ClNO3S. The zero-order valence-corrected chi connectivity index (χ0v) is 15.3. The lowest BCUT2D eigenvalue weighted by atomic mass is 9.88. The van der Waals surface area contributed by atoms with Gasteiger partial charge in [0.15, 0.2) is 0 Å². The molecule has 1 aliphatic rings. The molecule has 0 radical (unpaired) electrons. The second-order valence-electron chi connectivity index (χ2n) is 6.25. The van der Waals surface area contributed by atoms with Gasteiger partial charge in [-0.3, -0.25) is 0 Å². The lowest BCUT2D eigenvalue weighted by Gasteiger charge is -2.30. The molecule has 4 nitrogen and oxygen atoms in total. The van der Waals surface area contributed by atoms with Crippen molar-refractivity contribution in [2.45, 2.75) is 11.9 Å². The van der Waals surface area contributed by atoms with Gasteiger partial charge in [0.2, 0.25) is 10.0 Å². The summed E-state index contributed by atoms with van der Waals surface area (Å²) < 4.78 is 29.2. The van der Waals surface area contributed by atoms with E-state index in [4.69, 9.17) is 21.5 Å². The van der Waals surface area contributed by atoms with Gasteiger partial charge in [0.1, 0.15) is 11.9 Å². The second kappa shape index (κ2) is 6.43. The predicted molar refractivity (Wildman–Crippen MR) is 103 cm³/mol. The molecule has 1 unspecified atom stereocenters. The van der Waals surface area contributed by atoms with E-state index in [0.29, 0.717) is 16.3 Å². The number of ether oxygens (including phenoxy) is 1. The molecule has 3 aromatic rings. The van der Waals surface area contributed by atoms with Crippen molar-refractivity contribution in [3.63, 3.8) is 0 Å². The first-order chi connectivity index (χ1) is 12.4. The maximum atomic E-state index is 11.5. The molecule has 1 heterocycles. The van der Waals surface area contributed by atoms with Crippen molar-refractivity contribution in [2.75, 3.05) is 0 Å². The number of hydrogen-bond acceptors (Lipinski definition) is 3. The van der Waals surface area contributed by atoms with E-state index in [-0.39, 0.29) is 11.9 Å². The van der Waals surface area contributed by atoms with Crippen LogP contribution >= 0.6 is 11.6 Å². The van der Waals surface area contributed by atoms with Crippen LogP contribution in [0.4, 0.5) is 0 Å². The van der Waals surface area contributed by atoms with Crippen LogP contribution in [0.3, 0.4) is 0 Å². The second-order valence-corrected chi connectivity index (χ2v) is 8.27. The first kappa shape index (κ1) is 17.1. The summed E-state index contributed by atoms with van der Waals surface area (Å²) in [5, 5.41) is 5.80. The molecule has 0 spiro atoms. The van der Waals surface area contributed by atoms with Crippen LogP contribution in [0.1, 0.15) is 22.8 Å². The Bertz CT molecular complexity index is 1080. The summed E-state index contributed by atoms with van der Waals surface area (Å²) in [7, 11) is -3.62. The molecule has 0 amide bonds. The summed E-state index contributed by atoms with van der Waals surface area (Å²) in [5.41, 5.74) is 4.22. The Hall–Kier alpha value is -2.34. The van der Waals surface area contributed by atoms with Gasteiger partial charge >= 0.3 is 0 Å². The zero-order valence-electron chi connectivity index (χ0n) is 13.7. The van der Waals surface area contributed by atoms with Crippen LogP contribution in [0.25, 0.3) is 11.1 Å². The number of rotatable bonds is 3. The van der Waals surface area contributed by atoms with Crippen molar-refractivity contribution >= 4 is 21.6 Å². The Morgan fingerprint density at radius 3 is 2.50 bits per heavy atom. The standard InChI is InChI=1S/C20H16ClNO3S/c21-17-7-4-8-18-19(17)15-10-9-13(12-26(22,23)24)11-16(15)20(25-18)14-5-2-1-3-6-14/h1-11,20H,12H2,(H2,22,23,24). The van der Waals surface area contributed by atoms with Crippen LogP contribution in [0.15, 0.2) is 66.7 Å². The Morgan fingerprint density at radius 2 is 1.77 bits per heavy atom. The highest BCUT2D eigenvalue weighted by atomic mass is 35.5. The minimum absolute atomic E-state index is 0.225. The van der Waals surface area contributed by atoms with Crippen molar-refractivity contribution in [1.29, 1.82) is 0 Å². The summed E-state index contributed by atoms with van der Waals surface area (Å²) in [6, 6.07) is 20.8. The number of primary sulfonamides is 1. The molecule has 0 saturated heterocycles. The molecule has 0 aromatic heterocycles. The van der Waals surface area contributed by atoms with E-state index < -0.39 is 10.0 Å². The molecular weight excluding hydrogens is 370 g/mol. The van der Waals surface area contributed by atoms with Crippen LogP contribution in [-0.4, -0.2) is 8.42 Å². The van der Waals surface area contributed by atoms with Crippen LogP contribution in [0.2, 0.25) is 5.02 Å². The molecule has 0 fully saturated rings. The summed E-state index contributed by atoms with van der Waals surface area (Å²) >= 11 is 6.41. The number of fused-ring (bicyclic) bond motifs is 3. The molecule has 2 N–H and O–H groups in total. The van der Waals surface area contributed by atoms with Crippen molar-refractivity contribution in [1.82, 2.24) is 0 Å². The fourth-order valence-electron chi connectivity index (χ4n) is 3.31. The van der Waals surface area contributed by atoms with E-state index in [1.807, 2.05) is 60.7 Å². The SMILES string of the molecule is NS(=O)(=O)Cc1ccc2c(c1)C(c1ccccc1)Oc1cccc(Cl)c1-2. The van der Waals surface area contributed by atoms with Gasteiger partial charge in [0, 0.05) is 11.1 Å². The average Bonchev–Trinajstić information content (AvgIpc) is 2.60.